The predicted octanol–water partition coefficient (Wildman–Crippen LogP) is 3.70. The molecule has 0 spiro atoms. The maximum atomic E-state index is 9.15. The van der Waals surface area contributed by atoms with Gasteiger partial charge in [0, 0.05) is 17.6 Å². The molecule has 2 rings (SSSR count). The first-order valence-electron chi connectivity index (χ1n) is 5.76. The molecule has 1 aliphatic heterocycles. The first-order valence-corrected chi connectivity index (χ1v) is 6.55. The Bertz CT molecular complexity index is 401. The monoisotopic (exact) mass is 278 g/mol. The van der Waals surface area contributed by atoms with E-state index in [2.05, 4.69) is 26.9 Å². The van der Waals surface area contributed by atoms with Crippen LogP contribution in [-0.4, -0.2) is 13.1 Å². The topological polar surface area (TPSA) is 27.0 Å². The first kappa shape index (κ1) is 11.5. The van der Waals surface area contributed by atoms with Crippen molar-refractivity contribution in [1.29, 1.82) is 5.26 Å². The number of anilines is 1. The van der Waals surface area contributed by atoms with Crippen LogP contribution < -0.4 is 4.90 Å². The molecule has 0 unspecified atom stereocenters. The summed E-state index contributed by atoms with van der Waals surface area (Å²) in [6, 6.07) is 8.25. The molecule has 0 radical (unpaired) electrons. The van der Waals surface area contributed by atoms with Gasteiger partial charge in [-0.15, -0.1) is 0 Å². The van der Waals surface area contributed by atoms with Crippen molar-refractivity contribution in [2.45, 2.75) is 25.7 Å². The molecule has 0 N–H and O–H groups in total. The van der Waals surface area contributed by atoms with Gasteiger partial charge in [-0.05, 0) is 31.0 Å². The number of nitriles is 1. The zero-order chi connectivity index (χ0) is 11.4. The molecule has 0 aliphatic carbocycles. The Balaban J connectivity index is 2.28. The van der Waals surface area contributed by atoms with E-state index in [4.69, 9.17) is 5.26 Å². The minimum atomic E-state index is 0.774. The molecular formula is C13H15BrN2. The molecule has 1 aromatic carbocycles. The molecule has 3 heteroatoms. The molecule has 0 bridgehead atoms. The molecule has 1 fully saturated rings. The number of benzene rings is 1. The lowest BCUT2D eigenvalue weighted by molar-refractivity contribution is 0.726. The summed E-state index contributed by atoms with van der Waals surface area (Å²) in [6.45, 7) is 2.16. The van der Waals surface area contributed by atoms with E-state index in [1.165, 1.54) is 25.7 Å². The third-order valence-corrected chi connectivity index (χ3v) is 3.52. The summed E-state index contributed by atoms with van der Waals surface area (Å²) in [5.41, 5.74) is 1.86. The standard InChI is InChI=1S/C13H15BrN2/c14-12-5-6-13(11(9-12)10-15)16-7-3-1-2-4-8-16/h5-6,9H,1-4,7-8H2. The fourth-order valence-corrected chi connectivity index (χ4v) is 2.55. The van der Waals surface area contributed by atoms with E-state index in [0.717, 1.165) is 28.8 Å². The molecular weight excluding hydrogens is 264 g/mol. The number of rotatable bonds is 1. The highest BCUT2D eigenvalue weighted by Gasteiger charge is 2.13. The van der Waals surface area contributed by atoms with Gasteiger partial charge in [0.1, 0.15) is 6.07 Å². The molecule has 0 amide bonds. The summed E-state index contributed by atoms with van der Waals surface area (Å²) in [4.78, 5) is 2.35. The van der Waals surface area contributed by atoms with Gasteiger partial charge in [0.05, 0.1) is 11.3 Å². The highest BCUT2D eigenvalue weighted by Crippen LogP contribution is 2.26. The molecule has 1 heterocycles. The van der Waals surface area contributed by atoms with Gasteiger partial charge in [-0.3, -0.25) is 0 Å². The lowest BCUT2D eigenvalue weighted by Crippen LogP contribution is -2.24. The Hall–Kier alpha value is -1.01. The summed E-state index contributed by atoms with van der Waals surface area (Å²) in [6.07, 6.45) is 5.10. The van der Waals surface area contributed by atoms with E-state index < -0.39 is 0 Å². The number of hydrogen-bond donors (Lipinski definition) is 0. The van der Waals surface area contributed by atoms with Crippen LogP contribution in [0.15, 0.2) is 22.7 Å². The van der Waals surface area contributed by atoms with Gasteiger partial charge in [-0.1, -0.05) is 28.8 Å². The Morgan fingerprint density at radius 1 is 1.12 bits per heavy atom. The van der Waals surface area contributed by atoms with Crippen molar-refractivity contribution in [3.8, 4) is 6.07 Å². The maximum absolute atomic E-state index is 9.15. The van der Waals surface area contributed by atoms with Gasteiger partial charge in [0.2, 0.25) is 0 Å². The van der Waals surface area contributed by atoms with Crippen molar-refractivity contribution in [3.05, 3.63) is 28.2 Å². The van der Waals surface area contributed by atoms with Crippen molar-refractivity contribution >= 4 is 21.6 Å². The average Bonchev–Trinajstić information content (AvgIpc) is 2.57. The van der Waals surface area contributed by atoms with Gasteiger partial charge >= 0.3 is 0 Å². The maximum Gasteiger partial charge on any atom is 0.101 e. The summed E-state index contributed by atoms with van der Waals surface area (Å²) >= 11 is 3.41. The summed E-state index contributed by atoms with van der Waals surface area (Å²) in [5, 5.41) is 9.15. The van der Waals surface area contributed by atoms with Gasteiger partial charge in [0.15, 0.2) is 0 Å². The van der Waals surface area contributed by atoms with Crippen molar-refractivity contribution in [2.75, 3.05) is 18.0 Å². The predicted molar refractivity (Wildman–Crippen MR) is 69.5 cm³/mol. The Labute approximate surface area is 105 Å². The lowest BCUT2D eigenvalue weighted by atomic mass is 10.1. The summed E-state index contributed by atoms with van der Waals surface area (Å²) < 4.78 is 0.975. The van der Waals surface area contributed by atoms with Crippen LogP contribution in [0.5, 0.6) is 0 Å². The number of halogens is 1. The van der Waals surface area contributed by atoms with Crippen molar-refractivity contribution in [1.82, 2.24) is 0 Å². The van der Waals surface area contributed by atoms with Gasteiger partial charge in [0.25, 0.3) is 0 Å². The second-order valence-electron chi connectivity index (χ2n) is 4.17. The molecule has 1 aliphatic rings. The van der Waals surface area contributed by atoms with E-state index in [-0.39, 0.29) is 0 Å². The minimum Gasteiger partial charge on any atom is -0.370 e. The van der Waals surface area contributed by atoms with Crippen LogP contribution in [0.3, 0.4) is 0 Å². The largest absolute Gasteiger partial charge is 0.370 e. The third kappa shape index (κ3) is 2.56. The fourth-order valence-electron chi connectivity index (χ4n) is 2.19. The molecule has 16 heavy (non-hydrogen) atoms. The molecule has 84 valence electrons. The summed E-state index contributed by atoms with van der Waals surface area (Å²) in [5.74, 6) is 0. The van der Waals surface area contributed by atoms with Crippen LogP contribution >= 0.6 is 15.9 Å². The zero-order valence-corrected chi connectivity index (χ0v) is 10.8. The van der Waals surface area contributed by atoms with E-state index in [1.807, 2.05) is 18.2 Å². The van der Waals surface area contributed by atoms with E-state index in [9.17, 15) is 0 Å². The second kappa shape index (κ2) is 5.36. The second-order valence-corrected chi connectivity index (χ2v) is 5.09. The first-order chi connectivity index (χ1) is 7.81. The van der Waals surface area contributed by atoms with Gasteiger partial charge in [-0.25, -0.2) is 0 Å². The molecule has 2 nitrogen and oxygen atoms in total. The van der Waals surface area contributed by atoms with Gasteiger partial charge < -0.3 is 4.90 Å². The molecule has 0 saturated carbocycles. The highest BCUT2D eigenvalue weighted by molar-refractivity contribution is 9.10. The number of nitrogens with zero attached hydrogens (tertiary/aromatic N) is 2. The van der Waals surface area contributed by atoms with Crippen molar-refractivity contribution in [3.63, 3.8) is 0 Å². The fraction of sp³-hybridized carbons (Fsp3) is 0.462. The Morgan fingerprint density at radius 3 is 2.44 bits per heavy atom. The van der Waals surface area contributed by atoms with Crippen LogP contribution in [0.25, 0.3) is 0 Å². The normalized spacial score (nSPS) is 16.6. The lowest BCUT2D eigenvalue weighted by Gasteiger charge is -2.23. The Morgan fingerprint density at radius 2 is 1.81 bits per heavy atom. The highest BCUT2D eigenvalue weighted by atomic mass is 79.9. The van der Waals surface area contributed by atoms with Crippen LogP contribution in [0.1, 0.15) is 31.2 Å². The molecule has 0 atom stereocenters. The average molecular weight is 279 g/mol. The summed E-state index contributed by atoms with van der Waals surface area (Å²) in [7, 11) is 0. The van der Waals surface area contributed by atoms with Crippen LogP contribution in [0, 0.1) is 11.3 Å². The Kier molecular flexibility index (Phi) is 3.84. The number of hydrogen-bond acceptors (Lipinski definition) is 2. The molecule has 0 aromatic heterocycles. The van der Waals surface area contributed by atoms with Crippen molar-refractivity contribution in [2.24, 2.45) is 0 Å². The van der Waals surface area contributed by atoms with Crippen LogP contribution in [-0.2, 0) is 0 Å². The van der Waals surface area contributed by atoms with E-state index >= 15 is 0 Å². The quantitative estimate of drug-likeness (QED) is 0.783. The van der Waals surface area contributed by atoms with Crippen LogP contribution in [0.2, 0.25) is 0 Å². The van der Waals surface area contributed by atoms with Gasteiger partial charge in [-0.2, -0.15) is 5.26 Å². The minimum absolute atomic E-state index is 0.774. The molecule has 1 saturated heterocycles. The van der Waals surface area contributed by atoms with Crippen LogP contribution in [0.4, 0.5) is 5.69 Å². The SMILES string of the molecule is N#Cc1cc(Br)ccc1N1CCCCCC1. The smallest absolute Gasteiger partial charge is 0.101 e. The van der Waals surface area contributed by atoms with E-state index in [0.29, 0.717) is 0 Å². The third-order valence-electron chi connectivity index (χ3n) is 3.03. The van der Waals surface area contributed by atoms with Crippen molar-refractivity contribution < 1.29 is 0 Å². The van der Waals surface area contributed by atoms with E-state index in [1.54, 1.807) is 0 Å². The molecule has 1 aromatic rings. The zero-order valence-electron chi connectivity index (χ0n) is 9.25.